The van der Waals surface area contributed by atoms with Crippen molar-refractivity contribution in [2.24, 2.45) is 11.8 Å². The number of hydrogen-bond donors (Lipinski definition) is 2. The lowest BCUT2D eigenvalue weighted by Gasteiger charge is -2.52. The second-order valence-electron chi connectivity index (χ2n) is 5.91. The van der Waals surface area contributed by atoms with Gasteiger partial charge in [0.2, 0.25) is 5.91 Å². The molecule has 5 nitrogen and oxygen atoms in total. The van der Waals surface area contributed by atoms with Crippen LogP contribution in [0.5, 0.6) is 0 Å². The number of fused-ring (bicyclic) bond motifs is 1. The van der Waals surface area contributed by atoms with Gasteiger partial charge in [0.1, 0.15) is 0 Å². The average Bonchev–Trinajstić information content (AvgIpc) is 2.76. The van der Waals surface area contributed by atoms with Crippen LogP contribution in [0.25, 0.3) is 0 Å². The molecule has 0 aromatic carbocycles. The third kappa shape index (κ3) is 3.77. The minimum Gasteiger partial charge on any atom is -0.453 e. The molecule has 2 aliphatic heterocycles. The first-order chi connectivity index (χ1) is 11.4. The number of allylic oxidation sites excluding steroid dienone is 1. The first kappa shape index (κ1) is 22.9. The van der Waals surface area contributed by atoms with Gasteiger partial charge < -0.3 is 15.2 Å². The molecule has 0 saturated carbocycles. The highest BCUT2D eigenvalue weighted by Gasteiger charge is 2.75. The smallest absolute Gasteiger partial charge is 0.336 e. The summed E-state index contributed by atoms with van der Waals surface area (Å²) in [7, 11) is 1.00. The fourth-order valence-electron chi connectivity index (χ4n) is 3.53. The lowest BCUT2D eigenvalue weighted by atomic mass is 9.67. The van der Waals surface area contributed by atoms with Crippen molar-refractivity contribution in [1.29, 1.82) is 0 Å². The molecule has 2 fully saturated rings. The third-order valence-corrected chi connectivity index (χ3v) is 5.00. The Morgan fingerprint density at radius 3 is 2.42 bits per heavy atom. The Bertz CT molecular complexity index is 443. The fourth-order valence-corrected chi connectivity index (χ4v) is 3.75. The van der Waals surface area contributed by atoms with E-state index in [0.29, 0.717) is 18.7 Å². The van der Waals surface area contributed by atoms with E-state index in [0.717, 1.165) is 20.0 Å². The molecule has 4 atom stereocenters. The van der Waals surface area contributed by atoms with Crippen molar-refractivity contribution in [3.63, 3.8) is 0 Å². The lowest BCUT2D eigenvalue weighted by molar-refractivity contribution is -0.222. The van der Waals surface area contributed by atoms with Crippen LogP contribution < -0.4 is 5.32 Å². The van der Waals surface area contributed by atoms with Crippen LogP contribution in [-0.2, 0) is 14.3 Å². The second kappa shape index (κ2) is 10.0. The molecule has 2 N–H and O–H groups in total. The van der Waals surface area contributed by atoms with Gasteiger partial charge in [-0.3, -0.25) is 4.79 Å². The Balaban J connectivity index is 0.00000123. The zero-order valence-corrected chi connectivity index (χ0v) is 16.3. The number of alkyl halides is 1. The molecule has 24 heavy (non-hydrogen) atoms. The highest BCUT2D eigenvalue weighted by Crippen LogP contribution is 2.53. The standard InChI is InChI=1S/C15H22ClNO3.C2H6.CH4O/c1-4-6-10(5-2)9-15-13(19)20-14(15,3)11(7-8-16)12(18)17-15;2*1-2/h5,10-11H,2,4,6-9H2,1,3H3,(H,17,18);1-2H3;2H,1H3/t10?,11-,14?,15?;;/m0../s1. The van der Waals surface area contributed by atoms with Crippen LogP contribution in [0.15, 0.2) is 12.7 Å². The lowest BCUT2D eigenvalue weighted by Crippen LogP contribution is -2.74. The van der Waals surface area contributed by atoms with Gasteiger partial charge in [-0.15, -0.1) is 18.2 Å². The molecule has 1 amide bonds. The molecule has 140 valence electrons. The summed E-state index contributed by atoms with van der Waals surface area (Å²) in [4.78, 5) is 24.3. The van der Waals surface area contributed by atoms with E-state index in [1.807, 2.05) is 26.8 Å². The highest BCUT2D eigenvalue weighted by atomic mass is 35.5. The molecule has 0 spiro atoms. The van der Waals surface area contributed by atoms with Gasteiger partial charge in [0, 0.05) is 13.0 Å². The number of carbonyl (C=O) groups excluding carboxylic acids is 2. The minimum absolute atomic E-state index is 0.127. The molecule has 2 saturated heterocycles. The predicted molar refractivity (Wildman–Crippen MR) is 96.9 cm³/mol. The first-order valence-corrected chi connectivity index (χ1v) is 9.17. The van der Waals surface area contributed by atoms with E-state index < -0.39 is 11.1 Å². The molecule has 0 radical (unpaired) electrons. The molecule has 2 aliphatic rings. The Hall–Kier alpha value is -1.07. The summed E-state index contributed by atoms with van der Waals surface area (Å²) in [6, 6.07) is 0. The summed E-state index contributed by atoms with van der Waals surface area (Å²) < 4.78 is 5.40. The number of rotatable bonds is 7. The molecule has 2 heterocycles. The van der Waals surface area contributed by atoms with E-state index in [9.17, 15) is 9.59 Å². The van der Waals surface area contributed by atoms with Gasteiger partial charge >= 0.3 is 5.97 Å². The van der Waals surface area contributed by atoms with Gasteiger partial charge in [-0.2, -0.15) is 0 Å². The highest BCUT2D eigenvalue weighted by molar-refractivity contribution is 6.18. The molecule has 0 bridgehead atoms. The summed E-state index contributed by atoms with van der Waals surface area (Å²) in [5, 5.41) is 9.90. The van der Waals surface area contributed by atoms with Crippen LogP contribution in [0.4, 0.5) is 0 Å². The molecular weight excluding hydrogens is 330 g/mol. The second-order valence-corrected chi connectivity index (χ2v) is 6.29. The summed E-state index contributed by atoms with van der Waals surface area (Å²) in [5.74, 6) is -0.236. The van der Waals surface area contributed by atoms with Crippen LogP contribution in [0.2, 0.25) is 0 Å². The van der Waals surface area contributed by atoms with Crippen LogP contribution in [0, 0.1) is 11.8 Å². The molecule has 2 rings (SSSR count). The monoisotopic (exact) mass is 361 g/mol. The largest absolute Gasteiger partial charge is 0.453 e. The van der Waals surface area contributed by atoms with E-state index in [-0.39, 0.29) is 23.7 Å². The molecule has 3 unspecified atom stereocenters. The number of ether oxygens (including phenoxy) is 1. The van der Waals surface area contributed by atoms with Crippen LogP contribution >= 0.6 is 11.6 Å². The van der Waals surface area contributed by atoms with E-state index in [2.05, 4.69) is 18.8 Å². The number of halogens is 1. The van der Waals surface area contributed by atoms with E-state index in [4.69, 9.17) is 21.4 Å². The van der Waals surface area contributed by atoms with Crippen molar-refractivity contribution in [1.82, 2.24) is 5.32 Å². The number of aliphatic hydroxyl groups excluding tert-OH is 1. The number of amides is 1. The number of carbonyl (C=O) groups is 2. The Labute approximate surface area is 150 Å². The maximum atomic E-state index is 12.2. The average molecular weight is 362 g/mol. The maximum Gasteiger partial charge on any atom is 0.336 e. The number of hydrogen-bond acceptors (Lipinski definition) is 4. The van der Waals surface area contributed by atoms with E-state index >= 15 is 0 Å². The van der Waals surface area contributed by atoms with Crippen molar-refractivity contribution < 1.29 is 19.4 Å². The van der Waals surface area contributed by atoms with Crippen molar-refractivity contribution in [2.45, 2.75) is 64.5 Å². The maximum absolute atomic E-state index is 12.2. The van der Waals surface area contributed by atoms with Gasteiger partial charge in [-0.1, -0.05) is 33.3 Å². The van der Waals surface area contributed by atoms with Crippen LogP contribution in [-0.4, -0.2) is 41.1 Å². The van der Waals surface area contributed by atoms with Crippen LogP contribution in [0.3, 0.4) is 0 Å². The molecule has 6 heteroatoms. The molecule has 0 aliphatic carbocycles. The van der Waals surface area contributed by atoms with Gasteiger partial charge in [0.15, 0.2) is 11.1 Å². The molecule has 0 aromatic rings. The zero-order valence-electron chi connectivity index (χ0n) is 15.5. The number of aliphatic hydroxyl groups is 1. The summed E-state index contributed by atoms with van der Waals surface area (Å²) in [5.41, 5.74) is -1.67. The summed E-state index contributed by atoms with van der Waals surface area (Å²) in [6.45, 7) is 11.8. The minimum atomic E-state index is -0.894. The van der Waals surface area contributed by atoms with E-state index in [1.54, 1.807) is 0 Å². The summed E-state index contributed by atoms with van der Waals surface area (Å²) >= 11 is 5.77. The predicted octanol–water partition coefficient (Wildman–Crippen LogP) is 3.04. The Morgan fingerprint density at radius 2 is 2.00 bits per heavy atom. The number of esters is 1. The number of nitrogens with one attached hydrogen (secondary N) is 1. The van der Waals surface area contributed by atoms with Gasteiger partial charge in [-0.05, 0) is 32.1 Å². The third-order valence-electron chi connectivity index (χ3n) is 4.78. The van der Waals surface area contributed by atoms with Gasteiger partial charge in [0.25, 0.3) is 0 Å². The van der Waals surface area contributed by atoms with Crippen molar-refractivity contribution in [2.75, 3.05) is 13.0 Å². The van der Waals surface area contributed by atoms with E-state index in [1.165, 1.54) is 0 Å². The SMILES string of the molecule is C=CC(CCC)CC12NC(=O)[C@H](CCCl)C1(C)OC2=O.CC.CO. The quantitative estimate of drug-likeness (QED) is 0.415. The fraction of sp³-hybridized carbons (Fsp3) is 0.778. The van der Waals surface area contributed by atoms with Crippen molar-refractivity contribution in [3.8, 4) is 0 Å². The zero-order chi connectivity index (χ0) is 19.0. The normalized spacial score (nSPS) is 31.0. The van der Waals surface area contributed by atoms with Crippen molar-refractivity contribution in [3.05, 3.63) is 12.7 Å². The molecular formula is C18H32ClNO4. The summed E-state index contributed by atoms with van der Waals surface area (Å²) in [6.07, 6.45) is 4.91. The van der Waals surface area contributed by atoms with Crippen molar-refractivity contribution >= 4 is 23.5 Å². The first-order valence-electron chi connectivity index (χ1n) is 8.64. The Kier molecular flexibility index (Phi) is 9.59. The van der Waals surface area contributed by atoms with Crippen LogP contribution in [0.1, 0.15) is 53.4 Å². The van der Waals surface area contributed by atoms with Gasteiger partial charge in [0.05, 0.1) is 5.92 Å². The topological polar surface area (TPSA) is 75.6 Å². The molecule has 0 aromatic heterocycles. The Morgan fingerprint density at radius 1 is 1.42 bits per heavy atom. The van der Waals surface area contributed by atoms with Gasteiger partial charge in [-0.25, -0.2) is 4.79 Å².